The maximum absolute atomic E-state index is 9.90. The first-order valence-corrected chi connectivity index (χ1v) is 3.19. The number of carbonyl (C=O) groups is 1. The van der Waals surface area contributed by atoms with Gasteiger partial charge in [-0.15, -0.1) is 0 Å². The van der Waals surface area contributed by atoms with Gasteiger partial charge in [-0.25, -0.2) is 4.72 Å². The van der Waals surface area contributed by atoms with E-state index < -0.39 is 23.3 Å². The van der Waals surface area contributed by atoms with Crippen LogP contribution in [-0.4, -0.2) is 25.9 Å². The van der Waals surface area contributed by atoms with Crippen molar-refractivity contribution in [2.45, 2.75) is 13.0 Å². The quantitative estimate of drug-likeness (QED) is 0.499. The monoisotopic (exact) mass is 152 g/mol. The van der Waals surface area contributed by atoms with Crippen molar-refractivity contribution < 1.29 is 18.7 Å². The Balaban J connectivity index is 3.63. The van der Waals surface area contributed by atoms with Crippen LogP contribution in [0.15, 0.2) is 0 Å². The zero-order valence-electron chi connectivity index (χ0n) is 4.66. The molecule has 0 saturated carbocycles. The summed E-state index contributed by atoms with van der Waals surface area (Å²) in [7, 11) is 0. The van der Waals surface area contributed by atoms with Crippen LogP contribution in [0.2, 0.25) is 0 Å². The highest BCUT2D eigenvalue weighted by molar-refractivity contribution is 7.77. The van der Waals surface area contributed by atoms with E-state index in [0.29, 0.717) is 0 Å². The van der Waals surface area contributed by atoms with E-state index in [1.165, 1.54) is 6.92 Å². The van der Waals surface area contributed by atoms with Gasteiger partial charge in [-0.1, -0.05) is 0 Å². The van der Waals surface area contributed by atoms with E-state index in [2.05, 4.69) is 0 Å². The Morgan fingerprint density at radius 2 is 2.33 bits per heavy atom. The smallest absolute Gasteiger partial charge is 0.321 e. The highest BCUT2D eigenvalue weighted by Gasteiger charge is 2.08. The fraction of sp³-hybridized carbons (Fsp3) is 0.667. The molecule has 6 heteroatoms. The van der Waals surface area contributed by atoms with Crippen LogP contribution in [0, 0.1) is 0 Å². The summed E-state index contributed by atoms with van der Waals surface area (Å²) in [6, 6.07) is -1.05. The van der Waals surface area contributed by atoms with Crippen LogP contribution in [-0.2, 0) is 16.1 Å². The van der Waals surface area contributed by atoms with Gasteiger partial charge in [0.25, 0.3) is 0 Å². The molecule has 0 bridgehead atoms. The van der Waals surface area contributed by atoms with E-state index in [-0.39, 0.29) is 0 Å². The van der Waals surface area contributed by atoms with Gasteiger partial charge in [0, 0.05) is 11.3 Å². The Kier molecular flexibility index (Phi) is 3.36. The van der Waals surface area contributed by atoms with E-state index in [0.717, 1.165) is 0 Å². The van der Waals surface area contributed by atoms with E-state index >= 15 is 0 Å². The molecule has 5 nitrogen and oxygen atoms in total. The van der Waals surface area contributed by atoms with Crippen LogP contribution >= 0.6 is 0 Å². The first-order chi connectivity index (χ1) is 4.04. The molecule has 1 unspecified atom stereocenters. The van der Waals surface area contributed by atoms with Crippen molar-refractivity contribution in [2.24, 2.45) is 0 Å². The molecule has 2 atom stereocenters. The normalized spacial score (nSPS) is 16.7. The molecule has 0 heterocycles. The lowest BCUT2D eigenvalue weighted by atomic mass is 10.4. The molecule has 0 aromatic rings. The fourth-order valence-corrected chi connectivity index (χ4v) is 0.584. The second-order valence-corrected chi connectivity index (χ2v) is 2.12. The summed E-state index contributed by atoms with van der Waals surface area (Å²) in [6.07, 6.45) is 0. The summed E-state index contributed by atoms with van der Waals surface area (Å²) in [6.45, 7) is 1.23. The molecule has 9 heavy (non-hydrogen) atoms. The topological polar surface area (TPSA) is 89.5 Å². The van der Waals surface area contributed by atoms with Gasteiger partial charge in [-0.2, -0.15) is 0 Å². The minimum atomic E-state index is -2.50. The van der Waals surface area contributed by atoms with Crippen molar-refractivity contribution in [1.29, 1.82) is 0 Å². The largest absolute Gasteiger partial charge is 0.760 e. The van der Waals surface area contributed by atoms with Gasteiger partial charge >= 0.3 is 5.97 Å². The minimum absolute atomic E-state index is 1.05. The SMILES string of the molecule is C[C@@H](NS(=O)[O-])C(=O)O. The van der Waals surface area contributed by atoms with Crippen molar-refractivity contribution in [3.05, 3.63) is 0 Å². The van der Waals surface area contributed by atoms with Crippen LogP contribution in [0.25, 0.3) is 0 Å². The number of rotatable bonds is 3. The average molecular weight is 152 g/mol. The first-order valence-electron chi connectivity index (χ1n) is 2.12. The van der Waals surface area contributed by atoms with Crippen molar-refractivity contribution >= 4 is 17.2 Å². The third-order valence-corrected chi connectivity index (χ3v) is 1.19. The highest BCUT2D eigenvalue weighted by Crippen LogP contribution is 1.79. The highest BCUT2D eigenvalue weighted by atomic mass is 32.2. The van der Waals surface area contributed by atoms with Crippen molar-refractivity contribution in [1.82, 2.24) is 4.72 Å². The number of aliphatic carboxylic acids is 1. The van der Waals surface area contributed by atoms with E-state index in [9.17, 15) is 13.6 Å². The van der Waals surface area contributed by atoms with E-state index in [1.807, 2.05) is 0 Å². The van der Waals surface area contributed by atoms with Crippen molar-refractivity contribution in [3.8, 4) is 0 Å². The van der Waals surface area contributed by atoms with E-state index in [4.69, 9.17) is 5.11 Å². The lowest BCUT2D eigenvalue weighted by Crippen LogP contribution is -2.34. The van der Waals surface area contributed by atoms with Crippen LogP contribution in [0.1, 0.15) is 6.92 Å². The molecule has 54 valence electrons. The molecular weight excluding hydrogens is 146 g/mol. The molecule has 0 aliphatic heterocycles. The lowest BCUT2D eigenvalue weighted by molar-refractivity contribution is -0.138. The predicted molar refractivity (Wildman–Crippen MR) is 29.2 cm³/mol. The average Bonchev–Trinajstić information content (AvgIpc) is 1.63. The van der Waals surface area contributed by atoms with Gasteiger partial charge < -0.3 is 9.66 Å². The molecule has 0 radical (unpaired) electrons. The van der Waals surface area contributed by atoms with Gasteiger partial charge in [-0.3, -0.25) is 9.00 Å². The summed E-state index contributed by atoms with van der Waals surface area (Å²) in [4.78, 5) is 9.90. The maximum Gasteiger partial charge on any atom is 0.321 e. The number of hydrogen-bond acceptors (Lipinski definition) is 3. The number of hydrogen-bond donors (Lipinski definition) is 2. The molecule has 0 aromatic heterocycles. The standard InChI is InChI=1S/C3H7NO4S/c1-2(3(5)6)4-9(7)8/h2,4H,1H3,(H,5,6)(H,7,8)/p-1/t2-/m1/s1. The van der Waals surface area contributed by atoms with Gasteiger partial charge in [0.15, 0.2) is 0 Å². The Hall–Kier alpha value is -0.460. The summed E-state index contributed by atoms with van der Waals surface area (Å²) >= 11 is -2.50. The molecule has 0 saturated heterocycles. The second-order valence-electron chi connectivity index (χ2n) is 1.41. The van der Waals surface area contributed by atoms with Crippen LogP contribution < -0.4 is 4.72 Å². The Morgan fingerprint density at radius 3 is 2.44 bits per heavy atom. The van der Waals surface area contributed by atoms with Gasteiger partial charge in [0.05, 0.1) is 0 Å². The van der Waals surface area contributed by atoms with E-state index in [1.54, 1.807) is 4.72 Å². The molecular formula is C3H6NO4S-. The molecule has 0 amide bonds. The number of nitrogens with one attached hydrogen (secondary N) is 1. The summed E-state index contributed by atoms with van der Waals surface area (Å²) < 4.78 is 21.2. The molecule has 0 aromatic carbocycles. The number of carboxylic acid groups (broad SMARTS) is 1. The van der Waals surface area contributed by atoms with Gasteiger partial charge in [-0.05, 0) is 6.92 Å². The van der Waals surface area contributed by atoms with Gasteiger partial charge in [0.1, 0.15) is 6.04 Å². The van der Waals surface area contributed by atoms with Crippen LogP contribution in [0.4, 0.5) is 0 Å². The van der Waals surface area contributed by atoms with Gasteiger partial charge in [0.2, 0.25) is 0 Å². The summed E-state index contributed by atoms with van der Waals surface area (Å²) in [5.41, 5.74) is 0. The van der Waals surface area contributed by atoms with Crippen LogP contribution in [0.3, 0.4) is 0 Å². The molecule has 0 rings (SSSR count). The molecule has 0 spiro atoms. The first kappa shape index (κ1) is 8.54. The molecule has 0 aliphatic rings. The Morgan fingerprint density at radius 1 is 1.89 bits per heavy atom. The zero-order valence-corrected chi connectivity index (χ0v) is 5.47. The number of carboxylic acids is 1. The second kappa shape index (κ2) is 3.54. The zero-order chi connectivity index (χ0) is 7.44. The third-order valence-electron chi connectivity index (χ3n) is 0.643. The minimum Gasteiger partial charge on any atom is -0.760 e. The summed E-state index contributed by atoms with van der Waals surface area (Å²) in [5.74, 6) is -1.20. The van der Waals surface area contributed by atoms with Crippen molar-refractivity contribution in [2.75, 3.05) is 0 Å². The lowest BCUT2D eigenvalue weighted by Gasteiger charge is -2.09. The molecule has 0 fully saturated rings. The molecule has 2 N–H and O–H groups in total. The summed E-state index contributed by atoms with van der Waals surface area (Å²) in [5, 5.41) is 8.10. The Labute approximate surface area is 54.5 Å². The predicted octanol–water partition coefficient (Wildman–Crippen LogP) is -1.16. The molecule has 0 aliphatic carbocycles. The van der Waals surface area contributed by atoms with Crippen molar-refractivity contribution in [3.63, 3.8) is 0 Å². The Bertz CT molecular complexity index is 136. The maximum atomic E-state index is 9.90. The van der Waals surface area contributed by atoms with Crippen LogP contribution in [0.5, 0.6) is 0 Å². The third kappa shape index (κ3) is 4.07. The fourth-order valence-electron chi connectivity index (χ4n) is 0.195.